The Hall–Kier alpha value is -1.86. The minimum atomic E-state index is -0.366. The molecule has 2 rings (SSSR count). The molecule has 1 aromatic carbocycles. The Morgan fingerprint density at radius 3 is 2.96 bits per heavy atom. The van der Waals surface area contributed by atoms with Gasteiger partial charge >= 0.3 is 0 Å². The van der Waals surface area contributed by atoms with Gasteiger partial charge in [0.1, 0.15) is 0 Å². The van der Waals surface area contributed by atoms with Crippen LogP contribution >= 0.6 is 0 Å². The maximum Gasteiger partial charge on any atom is 0.191 e. The van der Waals surface area contributed by atoms with E-state index in [0.717, 1.165) is 44.8 Å². The summed E-state index contributed by atoms with van der Waals surface area (Å²) in [5.74, 6) is 1.11. The Labute approximate surface area is 148 Å². The summed E-state index contributed by atoms with van der Waals surface area (Å²) in [5.41, 5.74) is 0.823. The lowest BCUT2D eigenvalue weighted by atomic mass is 10.1. The third kappa shape index (κ3) is 6.88. The summed E-state index contributed by atoms with van der Waals surface area (Å²) in [4.78, 5) is 4.16. The Morgan fingerprint density at radius 1 is 1.40 bits per heavy atom. The molecule has 2 N–H and O–H groups in total. The van der Waals surface area contributed by atoms with Gasteiger partial charge in [-0.05, 0) is 30.5 Å². The number of guanidine groups is 1. The standard InChI is InChI=1S/C18H28FN3O3/c1-20-18(21-7-3-8-24-12-15-6-9-25-13-15)22-11-14-4-5-17(23-2)16(19)10-14/h4-5,10,15H,3,6-9,11-13H2,1-2H3,(H2,20,21,22). The van der Waals surface area contributed by atoms with Crippen LogP contribution in [0, 0.1) is 11.7 Å². The summed E-state index contributed by atoms with van der Waals surface area (Å²) in [6.45, 7) is 4.41. The van der Waals surface area contributed by atoms with Crippen molar-refractivity contribution in [3.05, 3.63) is 29.6 Å². The van der Waals surface area contributed by atoms with Crippen LogP contribution in [0.25, 0.3) is 0 Å². The van der Waals surface area contributed by atoms with E-state index in [2.05, 4.69) is 15.6 Å². The predicted octanol–water partition coefficient (Wildman–Crippen LogP) is 1.94. The molecule has 1 aliphatic heterocycles. The largest absolute Gasteiger partial charge is 0.494 e. The van der Waals surface area contributed by atoms with Crippen LogP contribution in [-0.2, 0) is 16.0 Å². The van der Waals surface area contributed by atoms with E-state index in [1.54, 1.807) is 13.1 Å². The maximum absolute atomic E-state index is 13.7. The van der Waals surface area contributed by atoms with Crippen molar-refractivity contribution in [1.82, 2.24) is 10.6 Å². The van der Waals surface area contributed by atoms with Gasteiger partial charge in [0.05, 0.1) is 20.3 Å². The van der Waals surface area contributed by atoms with Gasteiger partial charge in [0.2, 0.25) is 0 Å². The fraction of sp³-hybridized carbons (Fsp3) is 0.611. The van der Waals surface area contributed by atoms with Crippen molar-refractivity contribution in [3.63, 3.8) is 0 Å². The molecule has 7 heteroatoms. The first kappa shape index (κ1) is 19.5. The summed E-state index contributed by atoms with van der Waals surface area (Å²) >= 11 is 0. The first-order valence-corrected chi connectivity index (χ1v) is 8.65. The highest BCUT2D eigenvalue weighted by Gasteiger charge is 2.15. The highest BCUT2D eigenvalue weighted by Crippen LogP contribution is 2.17. The molecule has 1 aliphatic rings. The van der Waals surface area contributed by atoms with Crippen molar-refractivity contribution < 1.29 is 18.6 Å². The number of rotatable bonds is 9. The molecule has 1 saturated heterocycles. The van der Waals surface area contributed by atoms with Crippen LogP contribution in [0.1, 0.15) is 18.4 Å². The molecule has 0 aliphatic carbocycles. The highest BCUT2D eigenvalue weighted by atomic mass is 19.1. The van der Waals surface area contributed by atoms with Crippen LogP contribution in [0.4, 0.5) is 4.39 Å². The normalized spacial score (nSPS) is 17.6. The smallest absolute Gasteiger partial charge is 0.191 e. The highest BCUT2D eigenvalue weighted by molar-refractivity contribution is 5.79. The van der Waals surface area contributed by atoms with Crippen molar-refractivity contribution >= 4 is 5.96 Å². The van der Waals surface area contributed by atoms with E-state index in [4.69, 9.17) is 14.2 Å². The third-order valence-electron chi connectivity index (χ3n) is 4.04. The van der Waals surface area contributed by atoms with E-state index in [1.165, 1.54) is 13.2 Å². The molecule has 1 aromatic rings. The minimum Gasteiger partial charge on any atom is -0.494 e. The van der Waals surface area contributed by atoms with Crippen molar-refractivity contribution in [2.75, 3.05) is 47.1 Å². The van der Waals surface area contributed by atoms with E-state index in [9.17, 15) is 4.39 Å². The van der Waals surface area contributed by atoms with E-state index in [1.807, 2.05) is 6.07 Å². The van der Waals surface area contributed by atoms with Gasteiger partial charge in [0.15, 0.2) is 17.5 Å². The summed E-state index contributed by atoms with van der Waals surface area (Å²) in [7, 11) is 3.16. The topological polar surface area (TPSA) is 64.1 Å². The number of ether oxygens (including phenoxy) is 3. The molecule has 0 spiro atoms. The summed E-state index contributed by atoms with van der Waals surface area (Å²) in [6.07, 6.45) is 1.99. The fourth-order valence-electron chi connectivity index (χ4n) is 2.57. The van der Waals surface area contributed by atoms with Gasteiger partial charge in [0.25, 0.3) is 0 Å². The first-order valence-electron chi connectivity index (χ1n) is 8.65. The van der Waals surface area contributed by atoms with Crippen LogP contribution in [0.3, 0.4) is 0 Å². The minimum absolute atomic E-state index is 0.246. The molecule has 1 atom stereocenters. The molecular formula is C18H28FN3O3. The van der Waals surface area contributed by atoms with Gasteiger partial charge in [0, 0.05) is 39.3 Å². The average Bonchev–Trinajstić information content (AvgIpc) is 3.14. The number of nitrogens with zero attached hydrogens (tertiary/aromatic N) is 1. The number of aliphatic imine (C=N–C) groups is 1. The summed E-state index contributed by atoms with van der Waals surface area (Å²) < 4.78 is 29.6. The van der Waals surface area contributed by atoms with Gasteiger partial charge < -0.3 is 24.8 Å². The Balaban J connectivity index is 1.59. The monoisotopic (exact) mass is 353 g/mol. The van der Waals surface area contributed by atoms with Crippen molar-refractivity contribution in [3.8, 4) is 5.75 Å². The lowest BCUT2D eigenvalue weighted by Crippen LogP contribution is -2.37. The molecular weight excluding hydrogens is 325 g/mol. The molecule has 0 radical (unpaired) electrons. The molecule has 0 bridgehead atoms. The van der Waals surface area contributed by atoms with E-state index in [-0.39, 0.29) is 11.6 Å². The van der Waals surface area contributed by atoms with Crippen LogP contribution in [-0.4, -0.2) is 53.1 Å². The van der Waals surface area contributed by atoms with Crippen LogP contribution in [0.2, 0.25) is 0 Å². The molecule has 1 unspecified atom stereocenters. The number of benzene rings is 1. The van der Waals surface area contributed by atoms with Crippen LogP contribution < -0.4 is 15.4 Å². The van der Waals surface area contributed by atoms with Gasteiger partial charge in [-0.3, -0.25) is 4.99 Å². The van der Waals surface area contributed by atoms with E-state index >= 15 is 0 Å². The Bertz CT molecular complexity index is 548. The molecule has 0 amide bonds. The number of methoxy groups -OCH3 is 1. The molecule has 140 valence electrons. The average molecular weight is 353 g/mol. The van der Waals surface area contributed by atoms with Crippen LogP contribution in [0.5, 0.6) is 5.75 Å². The molecule has 0 saturated carbocycles. The van der Waals surface area contributed by atoms with Gasteiger partial charge in [-0.2, -0.15) is 0 Å². The van der Waals surface area contributed by atoms with Gasteiger partial charge in [-0.25, -0.2) is 4.39 Å². The Morgan fingerprint density at radius 2 is 2.28 bits per heavy atom. The second-order valence-electron chi connectivity index (χ2n) is 5.98. The second-order valence-corrected chi connectivity index (χ2v) is 5.98. The van der Waals surface area contributed by atoms with Crippen LogP contribution in [0.15, 0.2) is 23.2 Å². The van der Waals surface area contributed by atoms with E-state index < -0.39 is 0 Å². The summed E-state index contributed by atoms with van der Waals surface area (Å²) in [5, 5.41) is 6.38. The van der Waals surface area contributed by atoms with E-state index in [0.29, 0.717) is 25.0 Å². The predicted molar refractivity (Wildman–Crippen MR) is 95.5 cm³/mol. The molecule has 25 heavy (non-hydrogen) atoms. The molecule has 6 nitrogen and oxygen atoms in total. The van der Waals surface area contributed by atoms with Gasteiger partial charge in [-0.1, -0.05) is 6.07 Å². The lowest BCUT2D eigenvalue weighted by molar-refractivity contribution is 0.0888. The molecule has 1 heterocycles. The zero-order valence-corrected chi connectivity index (χ0v) is 15.0. The zero-order valence-electron chi connectivity index (χ0n) is 15.0. The summed E-state index contributed by atoms with van der Waals surface area (Å²) in [6, 6.07) is 4.90. The molecule has 1 fully saturated rings. The van der Waals surface area contributed by atoms with Crippen molar-refractivity contribution in [1.29, 1.82) is 0 Å². The van der Waals surface area contributed by atoms with Crippen molar-refractivity contribution in [2.24, 2.45) is 10.9 Å². The third-order valence-corrected chi connectivity index (χ3v) is 4.04. The van der Waals surface area contributed by atoms with Gasteiger partial charge in [-0.15, -0.1) is 0 Å². The number of hydrogen-bond acceptors (Lipinski definition) is 4. The number of hydrogen-bond donors (Lipinski definition) is 2. The zero-order chi connectivity index (χ0) is 17.9. The maximum atomic E-state index is 13.7. The Kier molecular flexibility index (Phi) is 8.48. The molecule has 0 aromatic heterocycles. The first-order chi connectivity index (χ1) is 12.2. The number of halogens is 1. The SMILES string of the molecule is CN=C(NCCCOCC1CCOC1)NCc1ccc(OC)c(F)c1. The van der Waals surface area contributed by atoms with Crippen molar-refractivity contribution in [2.45, 2.75) is 19.4 Å². The quantitative estimate of drug-likeness (QED) is 0.404. The fourth-order valence-corrected chi connectivity index (χ4v) is 2.57. The lowest BCUT2D eigenvalue weighted by Gasteiger charge is -2.13. The second kappa shape index (κ2) is 10.9. The number of nitrogens with one attached hydrogen (secondary N) is 2.